The first kappa shape index (κ1) is 17.2. The molecule has 1 atom stereocenters. The second-order valence-electron chi connectivity index (χ2n) is 5.10. The molecule has 0 saturated carbocycles. The van der Waals surface area contributed by atoms with Crippen LogP contribution in [0, 0.1) is 0 Å². The highest BCUT2D eigenvalue weighted by molar-refractivity contribution is 7.12. The van der Waals surface area contributed by atoms with Gasteiger partial charge in [-0.05, 0) is 30.0 Å². The first-order valence-electron chi connectivity index (χ1n) is 7.36. The Balaban J connectivity index is 2.29. The van der Waals surface area contributed by atoms with Gasteiger partial charge in [-0.15, -0.1) is 11.3 Å². The number of aliphatic hydroxyl groups is 1. The van der Waals surface area contributed by atoms with Crippen LogP contribution >= 0.6 is 11.3 Å². The molecule has 0 bridgehead atoms. The van der Waals surface area contributed by atoms with Gasteiger partial charge in [-0.25, -0.2) is 0 Å². The van der Waals surface area contributed by atoms with Gasteiger partial charge in [-0.2, -0.15) is 0 Å². The molecule has 0 fully saturated rings. The summed E-state index contributed by atoms with van der Waals surface area (Å²) in [5.41, 5.74) is 0.490. The summed E-state index contributed by atoms with van der Waals surface area (Å²) in [6.45, 7) is 3.44. The molecule has 0 aliphatic rings. The van der Waals surface area contributed by atoms with E-state index in [9.17, 15) is 14.7 Å². The summed E-state index contributed by atoms with van der Waals surface area (Å²) < 4.78 is 5.32. The van der Waals surface area contributed by atoms with E-state index in [1.165, 1.54) is 18.3 Å². The number of aliphatic hydroxyl groups excluding tert-OH is 1. The largest absolute Gasteiger partial charge is 0.467 e. The molecule has 2 amide bonds. The molecule has 2 aromatic rings. The molecule has 2 rings (SSSR count). The van der Waals surface area contributed by atoms with E-state index in [1.807, 2.05) is 6.92 Å². The number of anilines is 1. The van der Waals surface area contributed by atoms with Crippen molar-refractivity contribution in [1.82, 2.24) is 4.90 Å². The molecule has 2 N–H and O–H groups in total. The monoisotopic (exact) mass is 336 g/mol. The lowest BCUT2D eigenvalue weighted by molar-refractivity contribution is -0.114. The third kappa shape index (κ3) is 4.20. The topological polar surface area (TPSA) is 82.8 Å². The Bertz CT molecular complexity index is 647. The maximum absolute atomic E-state index is 12.9. The zero-order chi connectivity index (χ0) is 16.8. The first-order valence-corrected chi connectivity index (χ1v) is 8.24. The maximum Gasteiger partial charge on any atom is 0.266 e. The lowest BCUT2D eigenvalue weighted by Crippen LogP contribution is -2.41. The molecule has 0 unspecified atom stereocenters. The molecule has 2 aromatic heterocycles. The summed E-state index contributed by atoms with van der Waals surface area (Å²) in [5.74, 6) is 0.174. The zero-order valence-electron chi connectivity index (χ0n) is 13.1. The molecule has 0 aromatic carbocycles. The predicted octanol–water partition coefficient (Wildman–Crippen LogP) is 2.71. The van der Waals surface area contributed by atoms with E-state index in [2.05, 4.69) is 5.32 Å². The molecule has 0 aliphatic carbocycles. The van der Waals surface area contributed by atoms with Crippen LogP contribution in [0.15, 0.2) is 34.3 Å². The van der Waals surface area contributed by atoms with Gasteiger partial charge in [0.25, 0.3) is 5.91 Å². The summed E-state index contributed by atoms with van der Waals surface area (Å²) >= 11 is 1.26. The average Bonchev–Trinajstić information content (AvgIpc) is 3.17. The minimum absolute atomic E-state index is 0.135. The van der Waals surface area contributed by atoms with E-state index in [0.717, 1.165) is 0 Å². The molecule has 0 saturated heterocycles. The van der Waals surface area contributed by atoms with E-state index in [0.29, 0.717) is 22.7 Å². The highest BCUT2D eigenvalue weighted by Gasteiger charge is 2.27. The van der Waals surface area contributed by atoms with Gasteiger partial charge in [-0.3, -0.25) is 9.59 Å². The molecule has 0 radical (unpaired) electrons. The average molecular weight is 336 g/mol. The number of carbonyl (C=O) groups is 2. The normalized spacial score (nSPS) is 12.0. The Hall–Kier alpha value is -2.12. The molecule has 0 spiro atoms. The number of hydrogen-bond acceptors (Lipinski definition) is 5. The van der Waals surface area contributed by atoms with Crippen molar-refractivity contribution in [3.63, 3.8) is 0 Å². The van der Waals surface area contributed by atoms with Gasteiger partial charge in [0.15, 0.2) is 0 Å². The second-order valence-corrected chi connectivity index (χ2v) is 6.02. The van der Waals surface area contributed by atoms with Crippen LogP contribution in [-0.2, 0) is 11.3 Å². The van der Waals surface area contributed by atoms with Crippen LogP contribution in [-0.4, -0.2) is 34.5 Å². The van der Waals surface area contributed by atoms with Crippen LogP contribution in [0.4, 0.5) is 5.69 Å². The van der Waals surface area contributed by atoms with Gasteiger partial charge in [0.2, 0.25) is 5.91 Å². The number of rotatable bonds is 7. The third-order valence-electron chi connectivity index (χ3n) is 3.46. The van der Waals surface area contributed by atoms with Crippen molar-refractivity contribution in [1.29, 1.82) is 0 Å². The van der Waals surface area contributed by atoms with Crippen molar-refractivity contribution >= 4 is 28.8 Å². The Morgan fingerprint density at radius 1 is 1.43 bits per heavy atom. The maximum atomic E-state index is 12.9. The summed E-state index contributed by atoms with van der Waals surface area (Å²) in [6.07, 6.45) is 2.16. The molecule has 0 aliphatic heterocycles. The lowest BCUT2D eigenvalue weighted by atomic mass is 10.1. The van der Waals surface area contributed by atoms with Crippen molar-refractivity contribution in [2.45, 2.75) is 32.9 Å². The van der Waals surface area contributed by atoms with Crippen LogP contribution in [0.2, 0.25) is 0 Å². The zero-order valence-corrected chi connectivity index (χ0v) is 13.9. The van der Waals surface area contributed by atoms with Gasteiger partial charge >= 0.3 is 0 Å². The Labute approximate surface area is 138 Å². The lowest BCUT2D eigenvalue weighted by Gasteiger charge is -2.29. The minimum Gasteiger partial charge on any atom is -0.467 e. The van der Waals surface area contributed by atoms with Crippen molar-refractivity contribution < 1.29 is 19.1 Å². The number of hydrogen-bond donors (Lipinski definition) is 2. The van der Waals surface area contributed by atoms with Crippen molar-refractivity contribution in [3.05, 3.63) is 40.5 Å². The summed E-state index contributed by atoms with van der Waals surface area (Å²) in [6, 6.07) is 4.92. The van der Waals surface area contributed by atoms with E-state index < -0.39 is 0 Å². The SMILES string of the molecule is CC[C@@H](CO)N(Cc1ccco1)C(=O)c1sccc1NC(C)=O. The van der Waals surface area contributed by atoms with Crippen LogP contribution < -0.4 is 5.32 Å². The number of nitrogens with one attached hydrogen (secondary N) is 1. The number of carbonyl (C=O) groups excluding carboxylic acids is 2. The number of thiophene rings is 1. The molecule has 124 valence electrons. The molecule has 7 heteroatoms. The Morgan fingerprint density at radius 2 is 2.22 bits per heavy atom. The van der Waals surface area contributed by atoms with Crippen LogP contribution in [0.25, 0.3) is 0 Å². The van der Waals surface area contributed by atoms with Crippen molar-refractivity contribution in [2.24, 2.45) is 0 Å². The van der Waals surface area contributed by atoms with Gasteiger partial charge in [-0.1, -0.05) is 6.92 Å². The molecule has 2 heterocycles. The minimum atomic E-state index is -0.320. The molecule has 6 nitrogen and oxygen atoms in total. The van der Waals surface area contributed by atoms with Crippen LogP contribution in [0.1, 0.15) is 35.7 Å². The summed E-state index contributed by atoms with van der Waals surface area (Å²) in [7, 11) is 0. The highest BCUT2D eigenvalue weighted by Crippen LogP contribution is 2.26. The molecular weight excluding hydrogens is 316 g/mol. The van der Waals surface area contributed by atoms with Gasteiger partial charge < -0.3 is 19.7 Å². The summed E-state index contributed by atoms with van der Waals surface area (Å²) in [5, 5.41) is 14.0. The van der Waals surface area contributed by atoms with Gasteiger partial charge in [0.05, 0.1) is 31.1 Å². The second kappa shape index (κ2) is 7.94. The van der Waals surface area contributed by atoms with Crippen LogP contribution in [0.3, 0.4) is 0 Å². The van der Waals surface area contributed by atoms with E-state index in [-0.39, 0.29) is 31.0 Å². The van der Waals surface area contributed by atoms with Crippen molar-refractivity contribution in [2.75, 3.05) is 11.9 Å². The van der Waals surface area contributed by atoms with Crippen LogP contribution in [0.5, 0.6) is 0 Å². The number of nitrogens with zero attached hydrogens (tertiary/aromatic N) is 1. The van der Waals surface area contributed by atoms with Crippen molar-refractivity contribution in [3.8, 4) is 0 Å². The Kier molecular flexibility index (Phi) is 5.95. The van der Waals surface area contributed by atoms with Gasteiger partial charge in [0, 0.05) is 6.92 Å². The van der Waals surface area contributed by atoms with Gasteiger partial charge in [0.1, 0.15) is 10.6 Å². The number of furan rings is 1. The van der Waals surface area contributed by atoms with E-state index >= 15 is 0 Å². The first-order chi connectivity index (χ1) is 11.1. The number of amides is 2. The standard InChI is InChI=1S/C16H20N2O4S/c1-3-12(10-19)18(9-13-5-4-7-22-13)16(21)15-14(6-8-23-15)17-11(2)20/h4-8,12,19H,3,9-10H2,1-2H3,(H,17,20)/t12-/m0/s1. The third-order valence-corrected chi connectivity index (χ3v) is 4.36. The fraction of sp³-hybridized carbons (Fsp3) is 0.375. The summed E-state index contributed by atoms with van der Waals surface area (Å²) in [4.78, 5) is 26.2. The van der Waals surface area contributed by atoms with E-state index in [4.69, 9.17) is 4.42 Å². The highest BCUT2D eigenvalue weighted by atomic mass is 32.1. The molecule has 23 heavy (non-hydrogen) atoms. The fourth-order valence-electron chi connectivity index (χ4n) is 2.28. The van der Waals surface area contributed by atoms with E-state index in [1.54, 1.807) is 34.7 Å². The molecular formula is C16H20N2O4S. The fourth-order valence-corrected chi connectivity index (χ4v) is 3.08. The quantitative estimate of drug-likeness (QED) is 0.814. The predicted molar refractivity (Wildman–Crippen MR) is 88.4 cm³/mol. The smallest absolute Gasteiger partial charge is 0.266 e. The Morgan fingerprint density at radius 3 is 2.78 bits per heavy atom.